The Balaban J connectivity index is 1.97. The molecule has 1 amide bonds. The molecule has 1 fully saturated rings. The number of aliphatic hydroxyl groups excluding tert-OH is 1. The summed E-state index contributed by atoms with van der Waals surface area (Å²) in [4.78, 5) is 29.0. The molecule has 2 aliphatic rings. The van der Waals surface area contributed by atoms with Crippen LogP contribution in [0.25, 0.3) is 0 Å². The third-order valence-corrected chi connectivity index (χ3v) is 5.52. The van der Waals surface area contributed by atoms with Gasteiger partial charge in [0, 0.05) is 18.7 Å². The van der Waals surface area contributed by atoms with Gasteiger partial charge in [0.2, 0.25) is 0 Å². The summed E-state index contributed by atoms with van der Waals surface area (Å²) in [7, 11) is 3.06. The quantitative estimate of drug-likeness (QED) is 0.773. The Morgan fingerprint density at radius 1 is 1.14 bits per heavy atom. The van der Waals surface area contributed by atoms with Crippen LogP contribution in [-0.4, -0.2) is 67.0 Å². The summed E-state index contributed by atoms with van der Waals surface area (Å²) in [6.45, 7) is 4.51. The second-order valence-electron chi connectivity index (χ2n) is 7.20. The van der Waals surface area contributed by atoms with Crippen LogP contribution < -0.4 is 9.47 Å². The van der Waals surface area contributed by atoms with Crippen molar-refractivity contribution in [1.29, 1.82) is 0 Å². The number of hydrogen-bond acceptors (Lipinski definition) is 6. The Morgan fingerprint density at radius 3 is 2.46 bits per heavy atom. The first kappa shape index (κ1) is 20.2. The molecule has 3 rings (SSSR count). The number of hydrogen-bond donors (Lipinski definition) is 1. The summed E-state index contributed by atoms with van der Waals surface area (Å²) in [6.07, 6.45) is 3.55. The molecule has 152 valence electrons. The standard InChI is InChI=1S/C21H28N2O5/c1-14(24)17-18(15-8-7-9-16(27-2)20(15)28-3)23(21(26)19(17)25)13-12-22-10-5-4-6-11-22/h7-9,18,25H,4-6,10-13H2,1-3H3. The van der Waals surface area contributed by atoms with Crippen LogP contribution in [0.3, 0.4) is 0 Å². The molecule has 1 unspecified atom stereocenters. The number of piperidine rings is 1. The van der Waals surface area contributed by atoms with Crippen LogP contribution in [-0.2, 0) is 9.59 Å². The van der Waals surface area contributed by atoms with Crippen molar-refractivity contribution < 1.29 is 24.2 Å². The molecule has 0 radical (unpaired) electrons. The van der Waals surface area contributed by atoms with Crippen molar-refractivity contribution in [3.8, 4) is 11.5 Å². The average Bonchev–Trinajstić information content (AvgIpc) is 2.96. The summed E-state index contributed by atoms with van der Waals surface area (Å²) in [6, 6.07) is 4.65. The topological polar surface area (TPSA) is 79.3 Å². The number of amides is 1. The van der Waals surface area contributed by atoms with Crippen molar-refractivity contribution in [3.05, 3.63) is 35.1 Å². The molecule has 0 spiro atoms. The van der Waals surface area contributed by atoms with E-state index < -0.39 is 17.7 Å². The zero-order valence-corrected chi connectivity index (χ0v) is 16.7. The maximum atomic E-state index is 12.8. The minimum atomic E-state index is -0.695. The molecule has 1 atom stereocenters. The van der Waals surface area contributed by atoms with E-state index >= 15 is 0 Å². The molecular weight excluding hydrogens is 360 g/mol. The fraction of sp³-hybridized carbons (Fsp3) is 0.524. The number of para-hydroxylation sites is 1. The number of benzene rings is 1. The summed E-state index contributed by atoms with van der Waals surface area (Å²) in [5.74, 6) is -0.351. The highest BCUT2D eigenvalue weighted by atomic mass is 16.5. The zero-order valence-electron chi connectivity index (χ0n) is 16.7. The molecule has 1 saturated heterocycles. The number of carbonyl (C=O) groups is 2. The van der Waals surface area contributed by atoms with Gasteiger partial charge in [-0.25, -0.2) is 0 Å². The number of aliphatic hydroxyl groups is 1. The Bertz CT molecular complexity index is 783. The van der Waals surface area contributed by atoms with Crippen LogP contribution in [0.2, 0.25) is 0 Å². The third kappa shape index (κ3) is 3.71. The summed E-state index contributed by atoms with van der Waals surface area (Å²) < 4.78 is 10.9. The van der Waals surface area contributed by atoms with E-state index in [4.69, 9.17) is 9.47 Å². The van der Waals surface area contributed by atoms with Gasteiger partial charge in [-0.15, -0.1) is 0 Å². The van der Waals surface area contributed by atoms with E-state index in [1.54, 1.807) is 23.1 Å². The molecule has 7 heteroatoms. The Morgan fingerprint density at radius 2 is 1.86 bits per heavy atom. The van der Waals surface area contributed by atoms with Crippen LogP contribution >= 0.6 is 0 Å². The zero-order chi connectivity index (χ0) is 20.3. The van der Waals surface area contributed by atoms with Crippen LogP contribution in [0.5, 0.6) is 11.5 Å². The number of methoxy groups -OCH3 is 2. The number of nitrogens with zero attached hydrogens (tertiary/aromatic N) is 2. The van der Waals surface area contributed by atoms with Gasteiger partial charge in [-0.3, -0.25) is 9.59 Å². The number of rotatable bonds is 7. The van der Waals surface area contributed by atoms with Crippen LogP contribution in [0, 0.1) is 0 Å². The molecule has 1 N–H and O–H groups in total. The SMILES string of the molecule is COc1cccc(C2C(C(C)=O)=C(O)C(=O)N2CCN2CCCCC2)c1OC. The Hall–Kier alpha value is -2.54. The first-order valence-corrected chi connectivity index (χ1v) is 9.67. The lowest BCUT2D eigenvalue weighted by molar-refractivity contribution is -0.129. The lowest BCUT2D eigenvalue weighted by Gasteiger charge is -2.32. The van der Waals surface area contributed by atoms with Crippen molar-refractivity contribution >= 4 is 11.7 Å². The van der Waals surface area contributed by atoms with E-state index in [-0.39, 0.29) is 11.4 Å². The lowest BCUT2D eigenvalue weighted by Crippen LogP contribution is -2.40. The molecular formula is C21H28N2O5. The Labute approximate surface area is 165 Å². The van der Waals surface area contributed by atoms with Gasteiger partial charge in [-0.1, -0.05) is 18.6 Å². The number of likely N-dealkylation sites (tertiary alicyclic amines) is 1. The van der Waals surface area contributed by atoms with Crippen LogP contribution in [0.4, 0.5) is 0 Å². The second kappa shape index (κ2) is 8.65. The second-order valence-corrected chi connectivity index (χ2v) is 7.20. The van der Waals surface area contributed by atoms with E-state index in [1.807, 2.05) is 0 Å². The van der Waals surface area contributed by atoms with Crippen molar-refractivity contribution in [1.82, 2.24) is 9.80 Å². The van der Waals surface area contributed by atoms with Gasteiger partial charge in [0.05, 0.1) is 25.8 Å². The summed E-state index contributed by atoms with van der Waals surface area (Å²) in [5, 5.41) is 10.4. The number of carbonyl (C=O) groups excluding carboxylic acids is 2. The van der Waals surface area contributed by atoms with E-state index in [1.165, 1.54) is 27.6 Å². The highest BCUT2D eigenvalue weighted by molar-refractivity contribution is 6.08. The van der Waals surface area contributed by atoms with E-state index in [0.29, 0.717) is 30.2 Å². The maximum absolute atomic E-state index is 12.8. The van der Waals surface area contributed by atoms with Gasteiger partial charge in [0.15, 0.2) is 23.0 Å². The summed E-state index contributed by atoms with van der Waals surface area (Å²) in [5.41, 5.74) is 0.735. The molecule has 0 aliphatic carbocycles. The van der Waals surface area contributed by atoms with Crippen LogP contribution in [0.1, 0.15) is 37.8 Å². The van der Waals surface area contributed by atoms with Crippen molar-refractivity contribution in [2.24, 2.45) is 0 Å². The van der Waals surface area contributed by atoms with E-state index in [0.717, 1.165) is 25.9 Å². The molecule has 1 aromatic carbocycles. The van der Waals surface area contributed by atoms with Crippen LogP contribution in [0.15, 0.2) is 29.5 Å². The van der Waals surface area contributed by atoms with Gasteiger partial charge < -0.3 is 24.4 Å². The first-order valence-electron chi connectivity index (χ1n) is 9.67. The molecule has 28 heavy (non-hydrogen) atoms. The van der Waals surface area contributed by atoms with Gasteiger partial charge >= 0.3 is 0 Å². The van der Waals surface area contributed by atoms with Gasteiger partial charge in [0.25, 0.3) is 5.91 Å². The average molecular weight is 388 g/mol. The molecule has 2 heterocycles. The van der Waals surface area contributed by atoms with Gasteiger partial charge in [-0.2, -0.15) is 0 Å². The molecule has 2 aliphatic heterocycles. The molecule has 1 aromatic rings. The van der Waals surface area contributed by atoms with Crippen molar-refractivity contribution in [2.75, 3.05) is 40.4 Å². The predicted molar refractivity (Wildman–Crippen MR) is 105 cm³/mol. The van der Waals surface area contributed by atoms with Gasteiger partial charge in [-0.05, 0) is 38.9 Å². The normalized spacial score (nSPS) is 20.6. The predicted octanol–water partition coefficient (Wildman–Crippen LogP) is 2.47. The number of Topliss-reactive ketones (excluding diaryl/α,β-unsaturated/α-hetero) is 1. The highest BCUT2D eigenvalue weighted by Gasteiger charge is 2.43. The highest BCUT2D eigenvalue weighted by Crippen LogP contribution is 2.44. The van der Waals surface area contributed by atoms with Crippen molar-refractivity contribution in [3.63, 3.8) is 0 Å². The first-order chi connectivity index (χ1) is 13.5. The lowest BCUT2D eigenvalue weighted by atomic mass is 9.95. The third-order valence-electron chi connectivity index (χ3n) is 5.52. The maximum Gasteiger partial charge on any atom is 0.290 e. The largest absolute Gasteiger partial charge is 0.503 e. The van der Waals surface area contributed by atoms with E-state index in [9.17, 15) is 14.7 Å². The molecule has 0 saturated carbocycles. The molecule has 0 aromatic heterocycles. The smallest absolute Gasteiger partial charge is 0.290 e. The Kier molecular flexibility index (Phi) is 6.24. The monoisotopic (exact) mass is 388 g/mol. The number of ketones is 1. The summed E-state index contributed by atoms with van der Waals surface area (Å²) >= 11 is 0. The van der Waals surface area contributed by atoms with Gasteiger partial charge in [0.1, 0.15) is 0 Å². The fourth-order valence-electron chi connectivity index (χ4n) is 4.13. The molecule has 0 bridgehead atoms. The minimum Gasteiger partial charge on any atom is -0.503 e. The molecule has 7 nitrogen and oxygen atoms in total. The van der Waals surface area contributed by atoms with Crippen molar-refractivity contribution in [2.45, 2.75) is 32.2 Å². The van der Waals surface area contributed by atoms with E-state index in [2.05, 4.69) is 4.90 Å². The number of ether oxygens (including phenoxy) is 2. The fourth-order valence-corrected chi connectivity index (χ4v) is 4.13. The minimum absolute atomic E-state index is 0.107.